The van der Waals surface area contributed by atoms with Crippen LogP contribution in [0.1, 0.15) is 47.3 Å². The van der Waals surface area contributed by atoms with Crippen molar-refractivity contribution in [2.24, 2.45) is 0 Å². The van der Waals surface area contributed by atoms with Gasteiger partial charge in [0.2, 0.25) is 5.78 Å². The Hall–Kier alpha value is -3.21. The Labute approximate surface area is 164 Å². The lowest BCUT2D eigenvalue weighted by molar-refractivity contribution is -0.136. The summed E-state index contributed by atoms with van der Waals surface area (Å²) in [6, 6.07) is 13.6. The molecule has 0 saturated heterocycles. The number of ketones is 1. The summed E-state index contributed by atoms with van der Waals surface area (Å²) in [5, 5.41) is 1.03. The molecule has 0 aliphatic rings. The number of hydrogen-bond donors (Lipinski definition) is 0. The minimum Gasteiger partial charge on any atom is -0.454 e. The van der Waals surface area contributed by atoms with Crippen molar-refractivity contribution in [1.82, 2.24) is 9.55 Å². The van der Waals surface area contributed by atoms with E-state index in [1.807, 2.05) is 56.3 Å². The van der Waals surface area contributed by atoms with E-state index in [0.29, 0.717) is 11.3 Å². The second-order valence-electron chi connectivity index (χ2n) is 7.04. The molecule has 0 aliphatic heterocycles. The largest absolute Gasteiger partial charge is 0.454 e. The molecule has 0 N–H and O–H groups in total. The van der Waals surface area contributed by atoms with Crippen LogP contribution in [0, 0.1) is 13.8 Å². The molecule has 0 radical (unpaired) electrons. The van der Waals surface area contributed by atoms with Crippen molar-refractivity contribution >= 4 is 28.7 Å². The molecule has 2 heterocycles. The molecule has 3 aromatic rings. The zero-order valence-corrected chi connectivity index (χ0v) is 16.6. The fraction of sp³-hybridized carbons (Fsp3) is 0.261. The number of fused-ring (bicyclic) bond motifs is 1. The fourth-order valence-electron chi connectivity index (χ4n) is 3.44. The van der Waals surface area contributed by atoms with Gasteiger partial charge in [0.25, 0.3) is 0 Å². The van der Waals surface area contributed by atoms with Gasteiger partial charge in [0.05, 0.1) is 11.2 Å². The fourth-order valence-corrected chi connectivity index (χ4v) is 3.44. The number of hydrogen-bond acceptors (Lipinski definition) is 4. The van der Waals surface area contributed by atoms with Crippen molar-refractivity contribution in [3.8, 4) is 0 Å². The molecule has 0 spiro atoms. The first-order chi connectivity index (χ1) is 13.4. The second kappa shape index (κ2) is 8.21. The summed E-state index contributed by atoms with van der Waals surface area (Å²) in [4.78, 5) is 28.9. The Bertz CT molecular complexity index is 1060. The molecular weight excluding hydrogens is 352 g/mol. The molecule has 0 atom stereocenters. The highest BCUT2D eigenvalue weighted by molar-refractivity contribution is 6.00. The molecule has 144 valence electrons. The predicted molar refractivity (Wildman–Crippen MR) is 110 cm³/mol. The third-order valence-electron chi connectivity index (χ3n) is 4.66. The van der Waals surface area contributed by atoms with Crippen LogP contribution in [-0.2, 0) is 9.53 Å². The van der Waals surface area contributed by atoms with Crippen LogP contribution in [-0.4, -0.2) is 27.9 Å². The summed E-state index contributed by atoms with van der Waals surface area (Å²) in [6.07, 6.45) is 2.88. The zero-order chi connectivity index (χ0) is 20.3. The molecule has 5 nitrogen and oxygen atoms in total. The molecule has 0 aliphatic carbocycles. The highest BCUT2D eigenvalue weighted by Gasteiger charge is 2.18. The Kier molecular flexibility index (Phi) is 5.73. The number of carbonyl (C=O) groups excluding carboxylic acids is 2. The van der Waals surface area contributed by atoms with Gasteiger partial charge < -0.3 is 9.30 Å². The molecule has 5 heteroatoms. The van der Waals surface area contributed by atoms with Crippen molar-refractivity contribution in [3.05, 3.63) is 71.2 Å². The third kappa shape index (κ3) is 4.19. The van der Waals surface area contributed by atoms with Crippen LogP contribution in [0.15, 0.2) is 48.5 Å². The Morgan fingerprint density at radius 3 is 2.61 bits per heavy atom. The summed E-state index contributed by atoms with van der Waals surface area (Å²) in [5.41, 5.74) is 4.02. The van der Waals surface area contributed by atoms with Crippen molar-refractivity contribution < 1.29 is 14.3 Å². The van der Waals surface area contributed by atoms with Crippen LogP contribution < -0.4 is 0 Å². The number of aromatic nitrogens is 2. The van der Waals surface area contributed by atoms with Gasteiger partial charge in [0, 0.05) is 34.5 Å². The highest BCUT2D eigenvalue weighted by Crippen LogP contribution is 2.20. The lowest BCUT2D eigenvalue weighted by atomic mass is 10.1. The average Bonchev–Trinajstić information content (AvgIpc) is 2.98. The summed E-state index contributed by atoms with van der Waals surface area (Å²) in [7, 11) is 0. The molecule has 0 bridgehead atoms. The topological polar surface area (TPSA) is 61.2 Å². The second-order valence-corrected chi connectivity index (χ2v) is 7.04. The molecule has 28 heavy (non-hydrogen) atoms. The Morgan fingerprint density at radius 1 is 1.14 bits per heavy atom. The van der Waals surface area contributed by atoms with E-state index in [1.165, 1.54) is 6.08 Å². The van der Waals surface area contributed by atoms with Gasteiger partial charge in [-0.05, 0) is 52.0 Å². The summed E-state index contributed by atoms with van der Waals surface area (Å²) in [6.45, 7) is 7.74. The molecule has 0 amide bonds. The quantitative estimate of drug-likeness (QED) is 0.356. The van der Waals surface area contributed by atoms with E-state index in [9.17, 15) is 9.59 Å². The van der Waals surface area contributed by atoms with Gasteiger partial charge in [0.15, 0.2) is 6.61 Å². The summed E-state index contributed by atoms with van der Waals surface area (Å²) < 4.78 is 7.22. The molecule has 2 aromatic heterocycles. The van der Waals surface area contributed by atoms with Gasteiger partial charge >= 0.3 is 5.97 Å². The molecule has 3 rings (SSSR count). The SMILES string of the molecule is Cc1cc(C(=O)COC(=O)/C=C/c2ccc3ccccc3n2)c(C)n1C(C)C. The number of pyridine rings is 1. The predicted octanol–water partition coefficient (Wildman–Crippen LogP) is 4.67. The van der Waals surface area contributed by atoms with Crippen LogP contribution in [0.25, 0.3) is 17.0 Å². The maximum atomic E-state index is 12.5. The number of carbonyl (C=O) groups is 2. The number of aryl methyl sites for hydroxylation is 1. The number of benzene rings is 1. The molecule has 1 aromatic carbocycles. The zero-order valence-electron chi connectivity index (χ0n) is 16.6. The van der Waals surface area contributed by atoms with E-state index in [0.717, 1.165) is 22.3 Å². The number of para-hydroxylation sites is 1. The van der Waals surface area contributed by atoms with Crippen LogP contribution >= 0.6 is 0 Å². The van der Waals surface area contributed by atoms with E-state index in [1.54, 1.807) is 6.08 Å². The van der Waals surface area contributed by atoms with Crippen LogP contribution in [0.2, 0.25) is 0 Å². The number of esters is 1. The first-order valence-corrected chi connectivity index (χ1v) is 9.29. The highest BCUT2D eigenvalue weighted by atomic mass is 16.5. The van der Waals surface area contributed by atoms with Crippen molar-refractivity contribution in [2.75, 3.05) is 6.61 Å². The minimum atomic E-state index is -0.569. The van der Waals surface area contributed by atoms with E-state index < -0.39 is 5.97 Å². The van der Waals surface area contributed by atoms with Crippen LogP contribution in [0.3, 0.4) is 0 Å². The minimum absolute atomic E-state index is 0.203. The van der Waals surface area contributed by atoms with Crippen molar-refractivity contribution in [1.29, 1.82) is 0 Å². The lowest BCUT2D eigenvalue weighted by Crippen LogP contribution is -2.14. The van der Waals surface area contributed by atoms with E-state index in [-0.39, 0.29) is 18.4 Å². The van der Waals surface area contributed by atoms with E-state index in [4.69, 9.17) is 4.74 Å². The van der Waals surface area contributed by atoms with Gasteiger partial charge in [-0.25, -0.2) is 9.78 Å². The maximum absolute atomic E-state index is 12.5. The first-order valence-electron chi connectivity index (χ1n) is 9.29. The van der Waals surface area contributed by atoms with Gasteiger partial charge in [-0.15, -0.1) is 0 Å². The number of nitrogens with zero attached hydrogens (tertiary/aromatic N) is 2. The molecular formula is C23H24N2O3. The van der Waals surface area contributed by atoms with Gasteiger partial charge in [-0.3, -0.25) is 4.79 Å². The normalized spacial score (nSPS) is 11.5. The maximum Gasteiger partial charge on any atom is 0.331 e. The van der Waals surface area contributed by atoms with Crippen molar-refractivity contribution in [2.45, 2.75) is 33.7 Å². The Morgan fingerprint density at radius 2 is 1.89 bits per heavy atom. The van der Waals surface area contributed by atoms with Crippen LogP contribution in [0.4, 0.5) is 0 Å². The van der Waals surface area contributed by atoms with Gasteiger partial charge in [-0.2, -0.15) is 0 Å². The monoisotopic (exact) mass is 376 g/mol. The number of Topliss-reactive ketones (excluding diaryl/α,β-unsaturated/α-hetero) is 1. The third-order valence-corrected chi connectivity index (χ3v) is 4.66. The molecule has 0 unspecified atom stereocenters. The van der Waals surface area contributed by atoms with Crippen molar-refractivity contribution in [3.63, 3.8) is 0 Å². The standard InChI is InChI=1S/C23H24N2O3/c1-15(2)25-16(3)13-20(17(25)4)22(26)14-28-23(27)12-11-19-10-9-18-7-5-6-8-21(18)24-19/h5-13,15H,14H2,1-4H3/b12-11+. The average molecular weight is 376 g/mol. The number of rotatable bonds is 6. The summed E-state index contributed by atoms with van der Waals surface area (Å²) >= 11 is 0. The van der Waals surface area contributed by atoms with Crippen LogP contribution in [0.5, 0.6) is 0 Å². The molecule has 0 saturated carbocycles. The molecule has 0 fully saturated rings. The van der Waals surface area contributed by atoms with Gasteiger partial charge in [-0.1, -0.05) is 24.3 Å². The number of ether oxygens (including phenoxy) is 1. The van der Waals surface area contributed by atoms with Gasteiger partial charge in [0.1, 0.15) is 0 Å². The van der Waals surface area contributed by atoms with E-state index >= 15 is 0 Å². The smallest absolute Gasteiger partial charge is 0.331 e. The Balaban J connectivity index is 1.62. The lowest BCUT2D eigenvalue weighted by Gasteiger charge is -2.13. The summed E-state index contributed by atoms with van der Waals surface area (Å²) in [5.74, 6) is -0.772. The first kappa shape index (κ1) is 19.5. The van der Waals surface area contributed by atoms with E-state index in [2.05, 4.69) is 23.4 Å².